The predicted octanol–water partition coefficient (Wildman–Crippen LogP) is 4.19. The Morgan fingerprint density at radius 3 is 2.79 bits per heavy atom. The molecule has 0 saturated heterocycles. The van der Waals surface area contributed by atoms with Crippen LogP contribution in [0, 0.1) is 11.3 Å². The van der Waals surface area contributed by atoms with Gasteiger partial charge in [-0.15, -0.1) is 0 Å². The van der Waals surface area contributed by atoms with E-state index in [-0.39, 0.29) is 0 Å². The van der Waals surface area contributed by atoms with Crippen molar-refractivity contribution in [1.82, 2.24) is 9.78 Å². The molecule has 1 aromatic carbocycles. The third kappa shape index (κ3) is 2.36. The molecular weight excluding hydrogens is 258 g/mol. The zero-order chi connectivity index (χ0) is 13.2. The second-order valence-corrected chi connectivity index (χ2v) is 5.36. The van der Waals surface area contributed by atoms with Crippen molar-refractivity contribution in [1.29, 1.82) is 5.26 Å². The van der Waals surface area contributed by atoms with Gasteiger partial charge in [0, 0.05) is 22.3 Å². The van der Waals surface area contributed by atoms with Crippen molar-refractivity contribution in [3.05, 3.63) is 41.2 Å². The average Bonchev–Trinajstić information content (AvgIpc) is 3.09. The standard InChI is InChI=1S/C15H14ClN3/c16-15-7-11(8-17)5-6-14(15)12-9-18-19(10-12)13-3-1-2-4-13/h5-7,9-10,13H,1-4H2. The number of rotatable bonds is 2. The molecule has 0 radical (unpaired) electrons. The lowest BCUT2D eigenvalue weighted by molar-refractivity contribution is 0.467. The molecule has 0 bridgehead atoms. The minimum absolute atomic E-state index is 0.533. The summed E-state index contributed by atoms with van der Waals surface area (Å²) in [5.41, 5.74) is 2.53. The monoisotopic (exact) mass is 271 g/mol. The Morgan fingerprint density at radius 1 is 1.32 bits per heavy atom. The van der Waals surface area contributed by atoms with E-state index in [2.05, 4.69) is 22.0 Å². The Labute approximate surface area is 117 Å². The van der Waals surface area contributed by atoms with Crippen LogP contribution in [0.25, 0.3) is 11.1 Å². The highest BCUT2D eigenvalue weighted by Gasteiger charge is 2.18. The molecule has 3 rings (SSSR count). The molecule has 96 valence electrons. The van der Waals surface area contributed by atoms with E-state index < -0.39 is 0 Å². The molecule has 1 aliphatic rings. The van der Waals surface area contributed by atoms with Crippen molar-refractivity contribution in [2.75, 3.05) is 0 Å². The molecule has 0 N–H and O–H groups in total. The Kier molecular flexibility index (Phi) is 3.27. The molecule has 2 aromatic rings. The van der Waals surface area contributed by atoms with Crippen LogP contribution in [0.4, 0.5) is 0 Å². The molecule has 0 amide bonds. The van der Waals surface area contributed by atoms with Gasteiger partial charge in [-0.1, -0.05) is 30.5 Å². The molecule has 1 aromatic heterocycles. The number of nitrogens with zero attached hydrogens (tertiary/aromatic N) is 3. The van der Waals surface area contributed by atoms with Gasteiger partial charge in [0.15, 0.2) is 0 Å². The van der Waals surface area contributed by atoms with Crippen LogP contribution in [0.2, 0.25) is 5.02 Å². The SMILES string of the molecule is N#Cc1ccc(-c2cnn(C3CCCC3)c2)c(Cl)c1. The molecule has 4 heteroatoms. The van der Waals surface area contributed by atoms with Gasteiger partial charge in [-0.05, 0) is 25.0 Å². The van der Waals surface area contributed by atoms with E-state index in [1.54, 1.807) is 12.1 Å². The minimum atomic E-state index is 0.533. The number of hydrogen-bond acceptors (Lipinski definition) is 2. The number of nitriles is 1. The fourth-order valence-electron chi connectivity index (χ4n) is 2.66. The van der Waals surface area contributed by atoms with Crippen LogP contribution in [0.1, 0.15) is 37.3 Å². The Bertz CT molecular complexity index is 633. The highest BCUT2D eigenvalue weighted by atomic mass is 35.5. The maximum atomic E-state index is 8.85. The average molecular weight is 272 g/mol. The quantitative estimate of drug-likeness (QED) is 0.822. The summed E-state index contributed by atoms with van der Waals surface area (Å²) < 4.78 is 2.05. The van der Waals surface area contributed by atoms with E-state index in [0.29, 0.717) is 16.6 Å². The summed E-state index contributed by atoms with van der Waals surface area (Å²) in [6.45, 7) is 0. The number of aromatic nitrogens is 2. The molecule has 0 unspecified atom stereocenters. The van der Waals surface area contributed by atoms with Gasteiger partial charge in [-0.3, -0.25) is 4.68 Å². The van der Waals surface area contributed by atoms with E-state index in [4.69, 9.17) is 16.9 Å². The van der Waals surface area contributed by atoms with Gasteiger partial charge in [0.05, 0.1) is 23.9 Å². The summed E-state index contributed by atoms with van der Waals surface area (Å²) in [5, 5.41) is 13.9. The van der Waals surface area contributed by atoms with Crippen LogP contribution in [0.3, 0.4) is 0 Å². The molecule has 0 spiro atoms. The second-order valence-electron chi connectivity index (χ2n) is 4.95. The summed E-state index contributed by atoms with van der Waals surface area (Å²) in [6.07, 6.45) is 8.91. The fraction of sp³-hybridized carbons (Fsp3) is 0.333. The number of halogens is 1. The van der Waals surface area contributed by atoms with Crippen molar-refractivity contribution in [2.24, 2.45) is 0 Å². The summed E-state index contributed by atoms with van der Waals surface area (Å²) in [5.74, 6) is 0. The zero-order valence-corrected chi connectivity index (χ0v) is 11.3. The van der Waals surface area contributed by atoms with E-state index in [9.17, 15) is 0 Å². The first kappa shape index (κ1) is 12.3. The fourth-order valence-corrected chi connectivity index (χ4v) is 2.95. The van der Waals surface area contributed by atoms with Crippen LogP contribution in [-0.4, -0.2) is 9.78 Å². The van der Waals surface area contributed by atoms with Gasteiger partial charge in [0.1, 0.15) is 0 Å². The summed E-state index contributed by atoms with van der Waals surface area (Å²) >= 11 is 6.22. The topological polar surface area (TPSA) is 41.6 Å². The summed E-state index contributed by atoms with van der Waals surface area (Å²) in [6, 6.07) is 7.99. The van der Waals surface area contributed by atoms with Crippen LogP contribution in [-0.2, 0) is 0 Å². The number of hydrogen-bond donors (Lipinski definition) is 0. The second kappa shape index (κ2) is 5.07. The molecule has 0 aliphatic heterocycles. The van der Waals surface area contributed by atoms with Gasteiger partial charge in [-0.25, -0.2) is 0 Å². The predicted molar refractivity (Wildman–Crippen MR) is 74.9 cm³/mol. The van der Waals surface area contributed by atoms with Crippen LogP contribution in [0.15, 0.2) is 30.6 Å². The lowest BCUT2D eigenvalue weighted by Gasteiger charge is -2.08. The van der Waals surface area contributed by atoms with Crippen molar-refractivity contribution >= 4 is 11.6 Å². The van der Waals surface area contributed by atoms with E-state index in [0.717, 1.165) is 11.1 Å². The van der Waals surface area contributed by atoms with Gasteiger partial charge < -0.3 is 0 Å². The third-order valence-corrected chi connectivity index (χ3v) is 4.02. The van der Waals surface area contributed by atoms with Crippen LogP contribution in [0.5, 0.6) is 0 Å². The highest BCUT2D eigenvalue weighted by molar-refractivity contribution is 6.33. The van der Waals surface area contributed by atoms with E-state index >= 15 is 0 Å². The molecule has 1 saturated carbocycles. The van der Waals surface area contributed by atoms with Gasteiger partial charge >= 0.3 is 0 Å². The van der Waals surface area contributed by atoms with Gasteiger partial charge in [0.25, 0.3) is 0 Å². The van der Waals surface area contributed by atoms with Crippen LogP contribution >= 0.6 is 11.6 Å². The smallest absolute Gasteiger partial charge is 0.0992 e. The molecule has 3 nitrogen and oxygen atoms in total. The Hall–Kier alpha value is -1.79. The van der Waals surface area contributed by atoms with Crippen molar-refractivity contribution in [3.63, 3.8) is 0 Å². The van der Waals surface area contributed by atoms with Gasteiger partial charge in [0.2, 0.25) is 0 Å². The molecule has 19 heavy (non-hydrogen) atoms. The van der Waals surface area contributed by atoms with E-state index in [1.165, 1.54) is 25.7 Å². The maximum absolute atomic E-state index is 8.85. The first-order valence-corrected chi connectivity index (χ1v) is 6.90. The van der Waals surface area contributed by atoms with E-state index in [1.807, 2.05) is 12.3 Å². The molecular formula is C15H14ClN3. The van der Waals surface area contributed by atoms with Crippen molar-refractivity contribution in [3.8, 4) is 17.2 Å². The first-order valence-electron chi connectivity index (χ1n) is 6.52. The normalized spacial score (nSPS) is 15.6. The Morgan fingerprint density at radius 2 is 2.11 bits per heavy atom. The van der Waals surface area contributed by atoms with Crippen molar-refractivity contribution < 1.29 is 0 Å². The summed E-state index contributed by atoms with van der Waals surface area (Å²) in [7, 11) is 0. The highest BCUT2D eigenvalue weighted by Crippen LogP contribution is 2.32. The lowest BCUT2D eigenvalue weighted by atomic mass is 10.1. The van der Waals surface area contributed by atoms with Crippen molar-refractivity contribution in [2.45, 2.75) is 31.7 Å². The zero-order valence-electron chi connectivity index (χ0n) is 10.5. The Balaban J connectivity index is 1.92. The van der Waals surface area contributed by atoms with Gasteiger partial charge in [-0.2, -0.15) is 10.4 Å². The molecule has 1 aliphatic carbocycles. The van der Waals surface area contributed by atoms with Crippen LogP contribution < -0.4 is 0 Å². The molecule has 1 heterocycles. The third-order valence-electron chi connectivity index (χ3n) is 3.71. The minimum Gasteiger partial charge on any atom is -0.269 e. The molecule has 1 fully saturated rings. The number of benzene rings is 1. The molecule has 0 atom stereocenters. The maximum Gasteiger partial charge on any atom is 0.0992 e. The lowest BCUT2D eigenvalue weighted by Crippen LogP contribution is -2.04. The summed E-state index contributed by atoms with van der Waals surface area (Å²) in [4.78, 5) is 0. The first-order chi connectivity index (χ1) is 9.28. The largest absolute Gasteiger partial charge is 0.269 e.